The second kappa shape index (κ2) is 5.24. The maximum Gasteiger partial charge on any atom is 0.341 e. The van der Waals surface area contributed by atoms with Crippen LogP contribution in [0.2, 0.25) is 0 Å². The molecule has 0 aliphatic carbocycles. The largest absolute Gasteiger partial charge is 0.465 e. The van der Waals surface area contributed by atoms with E-state index in [4.69, 9.17) is 4.74 Å². The molecule has 6 nitrogen and oxygen atoms in total. The van der Waals surface area contributed by atoms with Gasteiger partial charge in [0, 0.05) is 18.9 Å². The van der Waals surface area contributed by atoms with Gasteiger partial charge in [0.1, 0.15) is 11.3 Å². The maximum atomic E-state index is 11.8. The standard InChI is InChI=1S/C15H13N3O3/c1-21-15(20)12-9-18(7-10-5-3-2-4-6-10)8-11-13(12)16-17-14(11)19/h2-6,8-9H,7H2,1H3,(H,17,19). The Kier molecular flexibility index (Phi) is 3.27. The van der Waals surface area contributed by atoms with E-state index >= 15 is 0 Å². The lowest BCUT2D eigenvalue weighted by atomic mass is 10.1. The molecule has 0 saturated heterocycles. The van der Waals surface area contributed by atoms with Gasteiger partial charge in [-0.15, -0.1) is 0 Å². The Bertz CT molecular complexity index is 805. The Morgan fingerprint density at radius 1 is 1.29 bits per heavy atom. The number of esters is 1. The van der Waals surface area contributed by atoms with Crippen molar-refractivity contribution in [3.63, 3.8) is 0 Å². The molecular formula is C15H13N3O3. The molecule has 0 radical (unpaired) electrons. The second-order valence-corrected chi connectivity index (χ2v) is 4.64. The number of carbonyl (C=O) groups excluding carboxylic acids is 1. The van der Waals surface area contributed by atoms with Crippen molar-refractivity contribution < 1.29 is 9.53 Å². The number of aromatic amines is 1. The number of rotatable bonds is 3. The lowest BCUT2D eigenvalue weighted by molar-refractivity contribution is 0.0600. The summed E-state index contributed by atoms with van der Waals surface area (Å²) in [5.41, 5.74) is 1.71. The number of hydrogen-bond donors (Lipinski definition) is 1. The van der Waals surface area contributed by atoms with Gasteiger partial charge < -0.3 is 9.30 Å². The average Bonchev–Trinajstić information content (AvgIpc) is 2.88. The van der Waals surface area contributed by atoms with Gasteiger partial charge in [0.15, 0.2) is 0 Å². The van der Waals surface area contributed by atoms with E-state index in [-0.39, 0.29) is 11.1 Å². The number of fused-ring (bicyclic) bond motifs is 1. The van der Waals surface area contributed by atoms with Crippen molar-refractivity contribution >= 4 is 5.97 Å². The summed E-state index contributed by atoms with van der Waals surface area (Å²) in [6.45, 7) is 0.547. The van der Waals surface area contributed by atoms with Gasteiger partial charge in [-0.25, -0.2) is 9.89 Å². The number of H-pyrrole nitrogens is 1. The fourth-order valence-electron chi connectivity index (χ4n) is 2.23. The summed E-state index contributed by atoms with van der Waals surface area (Å²) in [5.74, 6) is -0.520. The van der Waals surface area contributed by atoms with Crippen LogP contribution in [-0.4, -0.2) is 27.8 Å². The smallest absolute Gasteiger partial charge is 0.341 e. The first kappa shape index (κ1) is 13.1. The van der Waals surface area contributed by atoms with Gasteiger partial charge >= 0.3 is 5.97 Å². The summed E-state index contributed by atoms with van der Waals surface area (Å²) in [4.78, 5) is 23.6. The van der Waals surface area contributed by atoms with Crippen molar-refractivity contribution in [2.24, 2.45) is 0 Å². The lowest BCUT2D eigenvalue weighted by Gasteiger charge is -2.11. The van der Waals surface area contributed by atoms with E-state index in [1.165, 1.54) is 7.11 Å². The zero-order valence-electron chi connectivity index (χ0n) is 11.4. The van der Waals surface area contributed by atoms with Crippen LogP contribution in [0.4, 0.5) is 0 Å². The zero-order chi connectivity index (χ0) is 14.8. The van der Waals surface area contributed by atoms with Crippen LogP contribution in [0.3, 0.4) is 0 Å². The summed E-state index contributed by atoms with van der Waals surface area (Å²) in [6, 6.07) is 9.76. The van der Waals surface area contributed by atoms with Gasteiger partial charge in [-0.05, 0) is 5.56 Å². The van der Waals surface area contributed by atoms with Crippen LogP contribution in [0.1, 0.15) is 15.9 Å². The van der Waals surface area contributed by atoms with E-state index in [0.29, 0.717) is 17.8 Å². The number of ether oxygens (including phenoxy) is 1. The molecule has 0 atom stereocenters. The first-order valence-corrected chi connectivity index (χ1v) is 6.39. The van der Waals surface area contributed by atoms with E-state index in [2.05, 4.69) is 10.2 Å². The molecule has 0 spiro atoms. The minimum Gasteiger partial charge on any atom is -0.465 e. The van der Waals surface area contributed by atoms with Gasteiger partial charge in [0.25, 0.3) is 5.56 Å². The minimum absolute atomic E-state index is 0.268. The SMILES string of the molecule is COC(=O)c1cn(Cc2ccccc2)cc2c(=O)[nH]nc1-2. The molecule has 6 heteroatoms. The van der Waals surface area contributed by atoms with Crippen LogP contribution < -0.4 is 5.56 Å². The highest BCUT2D eigenvalue weighted by molar-refractivity contribution is 5.95. The fourth-order valence-corrected chi connectivity index (χ4v) is 2.23. The number of hydrogen-bond acceptors (Lipinski definition) is 4. The average molecular weight is 283 g/mol. The molecule has 0 saturated carbocycles. The number of pyridine rings is 1. The van der Waals surface area contributed by atoms with Gasteiger partial charge in [-0.1, -0.05) is 30.3 Å². The van der Waals surface area contributed by atoms with Crippen molar-refractivity contribution in [1.82, 2.24) is 14.8 Å². The first-order valence-electron chi connectivity index (χ1n) is 6.39. The number of carbonyl (C=O) groups is 1. The topological polar surface area (TPSA) is 77.0 Å². The Hall–Kier alpha value is -2.89. The van der Waals surface area contributed by atoms with Gasteiger partial charge in [0.05, 0.1) is 12.7 Å². The molecule has 0 amide bonds. The third-order valence-corrected chi connectivity index (χ3v) is 3.23. The van der Waals surface area contributed by atoms with Crippen molar-refractivity contribution in [3.8, 4) is 11.3 Å². The lowest BCUT2D eigenvalue weighted by Crippen LogP contribution is -2.12. The molecular weight excluding hydrogens is 270 g/mol. The van der Waals surface area contributed by atoms with Crippen LogP contribution >= 0.6 is 0 Å². The summed E-state index contributed by atoms with van der Waals surface area (Å²) < 4.78 is 6.53. The van der Waals surface area contributed by atoms with Gasteiger partial charge in [-0.3, -0.25) is 4.79 Å². The predicted molar refractivity (Wildman–Crippen MR) is 76.4 cm³/mol. The molecule has 0 aromatic heterocycles. The van der Waals surface area contributed by atoms with E-state index in [1.807, 2.05) is 30.3 Å². The molecule has 2 aliphatic heterocycles. The van der Waals surface area contributed by atoms with E-state index in [0.717, 1.165) is 5.56 Å². The molecule has 0 unspecified atom stereocenters. The Balaban J connectivity index is 2.10. The monoisotopic (exact) mass is 283 g/mol. The molecule has 0 fully saturated rings. The molecule has 1 N–H and O–H groups in total. The molecule has 0 bridgehead atoms. The third-order valence-electron chi connectivity index (χ3n) is 3.23. The normalized spacial score (nSPS) is 10.7. The maximum absolute atomic E-state index is 11.8. The van der Waals surface area contributed by atoms with E-state index in [1.54, 1.807) is 17.0 Å². The van der Waals surface area contributed by atoms with E-state index < -0.39 is 5.97 Å². The molecule has 1 aromatic carbocycles. The molecule has 1 aromatic rings. The minimum atomic E-state index is -0.520. The van der Waals surface area contributed by atoms with Gasteiger partial charge in [0.2, 0.25) is 0 Å². The van der Waals surface area contributed by atoms with Crippen LogP contribution in [0.25, 0.3) is 11.3 Å². The molecule has 3 rings (SSSR count). The van der Waals surface area contributed by atoms with Crippen molar-refractivity contribution in [2.45, 2.75) is 6.54 Å². The number of aromatic nitrogens is 3. The van der Waals surface area contributed by atoms with E-state index in [9.17, 15) is 9.59 Å². The Morgan fingerprint density at radius 3 is 2.76 bits per heavy atom. The number of methoxy groups -OCH3 is 1. The summed E-state index contributed by atoms with van der Waals surface area (Å²) in [6.07, 6.45) is 3.32. The molecule has 2 aliphatic rings. The summed E-state index contributed by atoms with van der Waals surface area (Å²) in [5, 5.41) is 6.24. The van der Waals surface area contributed by atoms with Crippen LogP contribution in [-0.2, 0) is 11.3 Å². The fraction of sp³-hybridized carbons (Fsp3) is 0.133. The Labute approximate surface area is 120 Å². The highest BCUT2D eigenvalue weighted by Crippen LogP contribution is 2.21. The van der Waals surface area contributed by atoms with Crippen LogP contribution in [0, 0.1) is 0 Å². The number of benzene rings is 1. The third kappa shape index (κ3) is 2.43. The van der Waals surface area contributed by atoms with Crippen molar-refractivity contribution in [2.75, 3.05) is 7.11 Å². The summed E-state index contributed by atoms with van der Waals surface area (Å²) >= 11 is 0. The molecule has 2 heterocycles. The predicted octanol–water partition coefficient (Wildman–Crippen LogP) is 1.51. The quantitative estimate of drug-likeness (QED) is 0.739. The Morgan fingerprint density at radius 2 is 2.05 bits per heavy atom. The van der Waals surface area contributed by atoms with Crippen LogP contribution in [0.15, 0.2) is 47.5 Å². The van der Waals surface area contributed by atoms with Crippen LogP contribution in [0.5, 0.6) is 0 Å². The molecule has 106 valence electrons. The second-order valence-electron chi connectivity index (χ2n) is 4.64. The van der Waals surface area contributed by atoms with Crippen molar-refractivity contribution in [3.05, 3.63) is 64.2 Å². The zero-order valence-corrected chi connectivity index (χ0v) is 11.4. The highest BCUT2D eigenvalue weighted by atomic mass is 16.5. The van der Waals surface area contributed by atoms with Crippen molar-refractivity contribution in [1.29, 1.82) is 0 Å². The molecule has 21 heavy (non-hydrogen) atoms. The first-order chi connectivity index (χ1) is 10.2. The number of nitrogens with zero attached hydrogens (tertiary/aromatic N) is 2. The van der Waals surface area contributed by atoms with Gasteiger partial charge in [-0.2, -0.15) is 5.10 Å². The number of nitrogens with one attached hydrogen (secondary N) is 1. The highest BCUT2D eigenvalue weighted by Gasteiger charge is 2.21. The summed E-state index contributed by atoms with van der Waals surface area (Å²) in [7, 11) is 1.30.